The van der Waals surface area contributed by atoms with Crippen LogP contribution in [0.2, 0.25) is 0 Å². The van der Waals surface area contributed by atoms with Crippen LogP contribution in [-0.4, -0.2) is 41.4 Å². The van der Waals surface area contributed by atoms with Gasteiger partial charge in [-0.25, -0.2) is 4.79 Å². The molecule has 1 aliphatic carbocycles. The minimum atomic E-state index is -0.882. The molecule has 20 heavy (non-hydrogen) atoms. The lowest BCUT2D eigenvalue weighted by Crippen LogP contribution is -2.50. The largest absolute Gasteiger partial charge is 0.339 e. The number of carbonyl (C=O) groups is 3. The van der Waals surface area contributed by atoms with E-state index in [1.54, 1.807) is 4.90 Å². The highest BCUT2D eigenvalue weighted by Gasteiger charge is 2.52. The molecule has 6 heteroatoms. The Morgan fingerprint density at radius 2 is 2.15 bits per heavy atom. The van der Waals surface area contributed by atoms with E-state index in [1.807, 2.05) is 0 Å². The van der Waals surface area contributed by atoms with E-state index in [0.29, 0.717) is 25.4 Å². The normalized spacial score (nSPS) is 37.1. The molecule has 6 nitrogen and oxygen atoms in total. The molecule has 2 heterocycles. The standard InChI is InChI=1S/C14H21N3O3/c1-9-3-2-4-10(7-9)11(18)17-6-5-14(8-17)12(19)15-13(20)16-14/h9-10H,2-8H2,1H3,(H2,15,16,19,20)/t9-,10-,14-/m1/s1. The molecule has 2 N–H and O–H groups in total. The van der Waals surface area contributed by atoms with Crippen molar-refractivity contribution >= 4 is 17.8 Å². The molecule has 2 aliphatic heterocycles. The van der Waals surface area contributed by atoms with Crippen LogP contribution in [0.3, 0.4) is 0 Å². The molecule has 3 aliphatic rings. The maximum absolute atomic E-state index is 12.6. The van der Waals surface area contributed by atoms with Crippen LogP contribution in [0, 0.1) is 11.8 Å². The molecule has 0 bridgehead atoms. The molecule has 4 amide bonds. The summed E-state index contributed by atoms with van der Waals surface area (Å²) in [4.78, 5) is 37.5. The number of carbonyl (C=O) groups excluding carboxylic acids is 3. The van der Waals surface area contributed by atoms with Crippen LogP contribution in [0.5, 0.6) is 0 Å². The van der Waals surface area contributed by atoms with Gasteiger partial charge in [-0.2, -0.15) is 0 Å². The van der Waals surface area contributed by atoms with Crippen molar-refractivity contribution in [2.24, 2.45) is 11.8 Å². The van der Waals surface area contributed by atoms with E-state index in [2.05, 4.69) is 17.6 Å². The van der Waals surface area contributed by atoms with Crippen molar-refractivity contribution in [3.8, 4) is 0 Å². The van der Waals surface area contributed by atoms with E-state index >= 15 is 0 Å². The van der Waals surface area contributed by atoms with Crippen LogP contribution < -0.4 is 10.6 Å². The second-order valence-electron chi connectivity index (χ2n) is 6.47. The summed E-state index contributed by atoms with van der Waals surface area (Å²) in [5.74, 6) is 0.551. The van der Waals surface area contributed by atoms with Crippen molar-refractivity contribution < 1.29 is 14.4 Å². The zero-order valence-corrected chi connectivity index (χ0v) is 11.8. The molecule has 0 aromatic carbocycles. The Morgan fingerprint density at radius 3 is 2.80 bits per heavy atom. The van der Waals surface area contributed by atoms with E-state index in [4.69, 9.17) is 0 Å². The first-order valence-corrected chi connectivity index (χ1v) is 7.42. The predicted molar refractivity (Wildman–Crippen MR) is 71.7 cm³/mol. The van der Waals surface area contributed by atoms with Gasteiger partial charge in [0.1, 0.15) is 5.54 Å². The van der Waals surface area contributed by atoms with Gasteiger partial charge in [-0.05, 0) is 25.2 Å². The smallest absolute Gasteiger partial charge is 0.322 e. The molecule has 1 saturated carbocycles. The first-order valence-electron chi connectivity index (χ1n) is 7.42. The number of urea groups is 1. The highest BCUT2D eigenvalue weighted by Crippen LogP contribution is 2.32. The highest BCUT2D eigenvalue weighted by molar-refractivity contribution is 6.07. The zero-order chi connectivity index (χ0) is 14.3. The lowest BCUT2D eigenvalue weighted by molar-refractivity contribution is -0.136. The second kappa shape index (κ2) is 4.75. The molecule has 1 spiro atoms. The van der Waals surface area contributed by atoms with Crippen molar-refractivity contribution in [2.45, 2.75) is 44.6 Å². The summed E-state index contributed by atoms with van der Waals surface area (Å²) >= 11 is 0. The first-order chi connectivity index (χ1) is 9.50. The van der Waals surface area contributed by atoms with Crippen molar-refractivity contribution in [1.29, 1.82) is 0 Å². The molecular weight excluding hydrogens is 258 g/mol. The van der Waals surface area contributed by atoms with Gasteiger partial charge in [0.15, 0.2) is 0 Å². The summed E-state index contributed by atoms with van der Waals surface area (Å²) in [7, 11) is 0. The minimum absolute atomic E-state index is 0.0917. The quantitative estimate of drug-likeness (QED) is 0.691. The number of nitrogens with zero attached hydrogens (tertiary/aromatic N) is 1. The lowest BCUT2D eigenvalue weighted by atomic mass is 9.82. The number of hydrogen-bond acceptors (Lipinski definition) is 3. The summed E-state index contributed by atoms with van der Waals surface area (Å²) in [6.07, 6.45) is 4.71. The third kappa shape index (κ3) is 2.17. The van der Waals surface area contributed by atoms with Crippen LogP contribution in [0.4, 0.5) is 4.79 Å². The molecule has 2 saturated heterocycles. The molecule has 0 aromatic heterocycles. The molecule has 3 rings (SSSR count). The Morgan fingerprint density at radius 1 is 1.35 bits per heavy atom. The first kappa shape index (κ1) is 13.4. The number of hydrogen-bond donors (Lipinski definition) is 2. The molecule has 110 valence electrons. The monoisotopic (exact) mass is 279 g/mol. The summed E-state index contributed by atoms with van der Waals surface area (Å²) in [6.45, 7) is 3.06. The average Bonchev–Trinajstić information content (AvgIpc) is 2.94. The van der Waals surface area contributed by atoms with E-state index in [0.717, 1.165) is 19.3 Å². The van der Waals surface area contributed by atoms with Crippen LogP contribution in [0.15, 0.2) is 0 Å². The van der Waals surface area contributed by atoms with Gasteiger partial charge in [-0.1, -0.05) is 19.8 Å². The topological polar surface area (TPSA) is 78.5 Å². The predicted octanol–water partition coefficient (Wildman–Crippen LogP) is 0.623. The fraction of sp³-hybridized carbons (Fsp3) is 0.786. The number of imide groups is 1. The molecule has 3 atom stereocenters. The van der Waals surface area contributed by atoms with Gasteiger partial charge in [0.2, 0.25) is 5.91 Å². The molecule has 0 radical (unpaired) electrons. The summed E-state index contributed by atoms with van der Waals surface area (Å²) < 4.78 is 0. The second-order valence-corrected chi connectivity index (χ2v) is 6.47. The van der Waals surface area contributed by atoms with Crippen molar-refractivity contribution in [1.82, 2.24) is 15.5 Å². The Kier molecular flexibility index (Phi) is 3.18. The third-order valence-electron chi connectivity index (χ3n) is 4.88. The summed E-state index contributed by atoms with van der Waals surface area (Å²) in [5, 5.41) is 4.95. The van der Waals surface area contributed by atoms with Gasteiger partial charge < -0.3 is 10.2 Å². The van der Waals surface area contributed by atoms with Crippen molar-refractivity contribution in [2.75, 3.05) is 13.1 Å². The van der Waals surface area contributed by atoms with Gasteiger partial charge in [0.25, 0.3) is 5.91 Å². The molecule has 0 unspecified atom stereocenters. The average molecular weight is 279 g/mol. The van der Waals surface area contributed by atoms with Gasteiger partial charge >= 0.3 is 6.03 Å². The van der Waals surface area contributed by atoms with Crippen molar-refractivity contribution in [3.05, 3.63) is 0 Å². The summed E-state index contributed by atoms with van der Waals surface area (Å²) in [6, 6.07) is -0.449. The fourth-order valence-electron chi connectivity index (χ4n) is 3.73. The van der Waals surface area contributed by atoms with Gasteiger partial charge in [0.05, 0.1) is 6.54 Å². The van der Waals surface area contributed by atoms with Crippen LogP contribution in [0.1, 0.15) is 39.0 Å². The number of amides is 4. The maximum Gasteiger partial charge on any atom is 0.322 e. The Hall–Kier alpha value is -1.59. The number of likely N-dealkylation sites (tertiary alicyclic amines) is 1. The zero-order valence-electron chi connectivity index (χ0n) is 11.8. The Balaban J connectivity index is 1.66. The van der Waals surface area contributed by atoms with Crippen LogP contribution in [-0.2, 0) is 9.59 Å². The van der Waals surface area contributed by atoms with Gasteiger partial charge in [-0.15, -0.1) is 0 Å². The minimum Gasteiger partial charge on any atom is -0.339 e. The van der Waals surface area contributed by atoms with Gasteiger partial charge in [-0.3, -0.25) is 14.9 Å². The summed E-state index contributed by atoms with van der Waals surface area (Å²) in [5.41, 5.74) is -0.882. The lowest BCUT2D eigenvalue weighted by Gasteiger charge is -2.30. The van der Waals surface area contributed by atoms with Crippen LogP contribution in [0.25, 0.3) is 0 Å². The van der Waals surface area contributed by atoms with E-state index < -0.39 is 11.6 Å². The van der Waals surface area contributed by atoms with E-state index in [1.165, 1.54) is 6.42 Å². The third-order valence-corrected chi connectivity index (χ3v) is 4.88. The van der Waals surface area contributed by atoms with Crippen molar-refractivity contribution in [3.63, 3.8) is 0 Å². The highest BCUT2D eigenvalue weighted by atomic mass is 16.2. The number of rotatable bonds is 1. The van der Waals surface area contributed by atoms with E-state index in [-0.39, 0.29) is 17.7 Å². The SMILES string of the molecule is C[C@@H]1CCC[C@@H](C(=O)N2CC[C@]3(C2)NC(=O)NC3=O)C1. The molecule has 0 aromatic rings. The van der Waals surface area contributed by atoms with E-state index in [9.17, 15) is 14.4 Å². The fourth-order valence-corrected chi connectivity index (χ4v) is 3.73. The molecular formula is C14H21N3O3. The van der Waals surface area contributed by atoms with Crippen LogP contribution >= 0.6 is 0 Å². The Bertz CT molecular complexity index is 465. The van der Waals surface area contributed by atoms with Gasteiger partial charge in [0, 0.05) is 12.5 Å². The number of nitrogens with one attached hydrogen (secondary N) is 2. The Labute approximate surface area is 118 Å². The maximum atomic E-state index is 12.6. The molecule has 3 fully saturated rings.